The number of carbonyl (C=O) groups excluding carboxylic acids is 2. The minimum atomic E-state index is -1.01. The highest BCUT2D eigenvalue weighted by molar-refractivity contribution is 7.83. The van der Waals surface area contributed by atoms with Crippen LogP contribution in [-0.4, -0.2) is 35.1 Å². The lowest BCUT2D eigenvalue weighted by Crippen LogP contribution is -2.39. The molecule has 0 aliphatic carbocycles. The lowest BCUT2D eigenvalue weighted by atomic mass is 10.0. The first kappa shape index (κ1) is 20.1. The van der Waals surface area contributed by atoms with Crippen molar-refractivity contribution in [2.75, 3.05) is 12.9 Å². The van der Waals surface area contributed by atoms with E-state index in [2.05, 4.69) is 5.32 Å². The van der Waals surface area contributed by atoms with Crippen LogP contribution in [0.1, 0.15) is 40.9 Å². The molecule has 7 heteroatoms. The van der Waals surface area contributed by atoms with E-state index in [1.54, 1.807) is 37.4 Å². The molecule has 0 bridgehead atoms. The van der Waals surface area contributed by atoms with Crippen LogP contribution >= 0.6 is 0 Å². The standard InChI is InChI=1S/C21H23NO5S/c1-14(27-21(24)16-7-5-6-15(12-16)13-28(2)25)20(23)22-18-10-11-26-19-9-4-3-8-17(18)19/h3-9,12,14,18H,10-11,13H2,1-2H3,(H,22,23). The predicted molar refractivity (Wildman–Crippen MR) is 107 cm³/mol. The fraction of sp³-hybridized carbons (Fsp3) is 0.333. The molecule has 0 fully saturated rings. The Bertz CT molecular complexity index is 898. The maximum Gasteiger partial charge on any atom is 0.338 e. The van der Waals surface area contributed by atoms with Gasteiger partial charge in [0, 0.05) is 34.8 Å². The van der Waals surface area contributed by atoms with Crippen molar-refractivity contribution in [2.24, 2.45) is 0 Å². The lowest BCUT2D eigenvalue weighted by molar-refractivity contribution is -0.130. The summed E-state index contributed by atoms with van der Waals surface area (Å²) in [4.78, 5) is 24.9. The molecule has 3 unspecified atom stereocenters. The molecule has 1 N–H and O–H groups in total. The SMILES string of the molecule is CC(OC(=O)c1cccc(CS(C)=O)c1)C(=O)NC1CCOc2ccccc21. The third-order valence-corrected chi connectivity index (χ3v) is 5.20. The van der Waals surface area contributed by atoms with Crippen molar-refractivity contribution < 1.29 is 23.3 Å². The molecule has 0 spiro atoms. The Morgan fingerprint density at radius 3 is 2.82 bits per heavy atom. The minimum absolute atomic E-state index is 0.179. The average Bonchev–Trinajstić information content (AvgIpc) is 2.68. The summed E-state index contributed by atoms with van der Waals surface area (Å²) in [6, 6.07) is 14.2. The van der Waals surface area contributed by atoms with E-state index < -0.39 is 22.9 Å². The van der Waals surface area contributed by atoms with Gasteiger partial charge >= 0.3 is 5.97 Å². The van der Waals surface area contributed by atoms with Crippen LogP contribution < -0.4 is 10.1 Å². The number of ether oxygens (including phenoxy) is 2. The Balaban J connectivity index is 1.62. The van der Waals surface area contributed by atoms with Gasteiger partial charge in [-0.1, -0.05) is 30.3 Å². The molecule has 1 aliphatic rings. The first-order valence-corrected chi connectivity index (χ1v) is 10.8. The van der Waals surface area contributed by atoms with Gasteiger partial charge < -0.3 is 14.8 Å². The summed E-state index contributed by atoms with van der Waals surface area (Å²) >= 11 is 0. The van der Waals surface area contributed by atoms with E-state index in [1.807, 2.05) is 24.3 Å². The molecular weight excluding hydrogens is 378 g/mol. The van der Waals surface area contributed by atoms with Crippen molar-refractivity contribution in [1.82, 2.24) is 5.32 Å². The summed E-state index contributed by atoms with van der Waals surface area (Å²) in [5, 5.41) is 2.93. The summed E-state index contributed by atoms with van der Waals surface area (Å²) in [6.07, 6.45) is 1.32. The van der Waals surface area contributed by atoms with Gasteiger partial charge in [0.2, 0.25) is 0 Å². The molecule has 0 aromatic heterocycles. The van der Waals surface area contributed by atoms with Crippen molar-refractivity contribution in [3.8, 4) is 5.75 Å². The molecule has 1 heterocycles. The van der Waals surface area contributed by atoms with Crippen molar-refractivity contribution in [1.29, 1.82) is 0 Å². The summed E-state index contributed by atoms with van der Waals surface area (Å²) in [5.41, 5.74) is 2.03. The molecule has 1 amide bonds. The predicted octanol–water partition coefficient (Wildman–Crippen LogP) is 2.75. The van der Waals surface area contributed by atoms with E-state index in [1.165, 1.54) is 0 Å². The Labute approximate surface area is 166 Å². The van der Waals surface area contributed by atoms with Crippen LogP contribution in [0.5, 0.6) is 5.75 Å². The third kappa shape index (κ3) is 4.98. The van der Waals surface area contributed by atoms with Gasteiger partial charge in [0.25, 0.3) is 5.91 Å². The Hall–Kier alpha value is -2.67. The molecule has 3 atom stereocenters. The number of esters is 1. The molecule has 2 aromatic rings. The molecule has 2 aromatic carbocycles. The Morgan fingerprint density at radius 1 is 1.25 bits per heavy atom. The topological polar surface area (TPSA) is 81.7 Å². The Kier molecular flexibility index (Phi) is 6.46. The van der Waals surface area contributed by atoms with E-state index in [0.717, 1.165) is 16.9 Å². The summed E-state index contributed by atoms with van der Waals surface area (Å²) < 4.78 is 22.3. The number of hydrogen-bond acceptors (Lipinski definition) is 5. The van der Waals surface area contributed by atoms with Gasteiger partial charge in [-0.25, -0.2) is 4.79 Å². The van der Waals surface area contributed by atoms with Crippen molar-refractivity contribution in [2.45, 2.75) is 31.2 Å². The zero-order valence-electron chi connectivity index (χ0n) is 15.8. The van der Waals surface area contributed by atoms with Gasteiger partial charge in [-0.15, -0.1) is 0 Å². The zero-order valence-corrected chi connectivity index (χ0v) is 16.7. The van der Waals surface area contributed by atoms with E-state index in [4.69, 9.17) is 9.47 Å². The lowest BCUT2D eigenvalue weighted by Gasteiger charge is -2.27. The van der Waals surface area contributed by atoms with Gasteiger partial charge in [-0.05, 0) is 30.7 Å². The second-order valence-electron chi connectivity index (χ2n) is 6.70. The molecule has 0 saturated carbocycles. The molecule has 1 aliphatic heterocycles. The highest BCUT2D eigenvalue weighted by Crippen LogP contribution is 2.31. The second-order valence-corrected chi connectivity index (χ2v) is 8.14. The molecular formula is C21H23NO5S. The molecule has 28 heavy (non-hydrogen) atoms. The quantitative estimate of drug-likeness (QED) is 0.753. The van der Waals surface area contributed by atoms with Crippen molar-refractivity contribution in [3.05, 3.63) is 65.2 Å². The molecule has 0 saturated heterocycles. The molecule has 3 rings (SSSR count). The summed E-state index contributed by atoms with van der Waals surface area (Å²) in [6.45, 7) is 2.06. The van der Waals surface area contributed by atoms with Crippen LogP contribution in [0.25, 0.3) is 0 Å². The first-order chi connectivity index (χ1) is 13.4. The maximum atomic E-state index is 12.5. The highest BCUT2D eigenvalue weighted by Gasteiger charge is 2.26. The number of benzene rings is 2. The van der Waals surface area contributed by atoms with Gasteiger partial charge in [0.05, 0.1) is 18.2 Å². The van der Waals surface area contributed by atoms with Gasteiger partial charge in [-0.3, -0.25) is 9.00 Å². The van der Waals surface area contributed by atoms with Crippen LogP contribution in [0.3, 0.4) is 0 Å². The monoisotopic (exact) mass is 401 g/mol. The van der Waals surface area contributed by atoms with Crippen molar-refractivity contribution in [3.63, 3.8) is 0 Å². The molecule has 148 valence electrons. The van der Waals surface area contributed by atoms with Crippen LogP contribution in [-0.2, 0) is 26.1 Å². The number of carbonyl (C=O) groups is 2. The van der Waals surface area contributed by atoms with E-state index in [-0.39, 0.29) is 11.9 Å². The largest absolute Gasteiger partial charge is 0.493 e. The van der Waals surface area contributed by atoms with E-state index in [9.17, 15) is 13.8 Å². The van der Waals surface area contributed by atoms with Crippen molar-refractivity contribution >= 4 is 22.7 Å². The number of amides is 1. The fourth-order valence-electron chi connectivity index (χ4n) is 3.09. The number of nitrogens with one attached hydrogen (secondary N) is 1. The number of para-hydroxylation sites is 1. The second kappa shape index (κ2) is 9.01. The third-order valence-electron chi connectivity index (χ3n) is 4.46. The zero-order chi connectivity index (χ0) is 20.1. The molecule has 6 nitrogen and oxygen atoms in total. The fourth-order valence-corrected chi connectivity index (χ4v) is 3.73. The summed E-state index contributed by atoms with van der Waals surface area (Å²) in [7, 11) is -1.01. The first-order valence-electron chi connectivity index (χ1n) is 9.06. The number of rotatable bonds is 6. The maximum absolute atomic E-state index is 12.5. The summed E-state index contributed by atoms with van der Waals surface area (Å²) in [5.74, 6) is 0.175. The van der Waals surface area contributed by atoms with Gasteiger partial charge in [0.15, 0.2) is 6.10 Å². The van der Waals surface area contributed by atoms with E-state index in [0.29, 0.717) is 24.3 Å². The van der Waals surface area contributed by atoms with Gasteiger partial charge in [-0.2, -0.15) is 0 Å². The number of fused-ring (bicyclic) bond motifs is 1. The smallest absolute Gasteiger partial charge is 0.338 e. The van der Waals surface area contributed by atoms with Crippen LogP contribution in [0.2, 0.25) is 0 Å². The Morgan fingerprint density at radius 2 is 2.04 bits per heavy atom. The highest BCUT2D eigenvalue weighted by atomic mass is 32.2. The normalized spacial score (nSPS) is 17.6. The number of hydrogen-bond donors (Lipinski definition) is 1. The van der Waals surface area contributed by atoms with Crippen LogP contribution in [0.4, 0.5) is 0 Å². The van der Waals surface area contributed by atoms with Crippen LogP contribution in [0.15, 0.2) is 48.5 Å². The van der Waals surface area contributed by atoms with E-state index >= 15 is 0 Å². The van der Waals surface area contributed by atoms with Gasteiger partial charge in [0.1, 0.15) is 5.75 Å². The molecule has 0 radical (unpaired) electrons. The van der Waals surface area contributed by atoms with Crippen LogP contribution in [0, 0.1) is 0 Å². The minimum Gasteiger partial charge on any atom is -0.493 e. The average molecular weight is 401 g/mol.